The zero-order chi connectivity index (χ0) is 19.0. The number of rotatable bonds is 16. The van der Waals surface area contributed by atoms with Crippen molar-refractivity contribution in [2.75, 3.05) is 6.61 Å². The van der Waals surface area contributed by atoms with Crippen LogP contribution in [0.1, 0.15) is 90.4 Å². The van der Waals surface area contributed by atoms with Crippen molar-refractivity contribution in [3.05, 3.63) is 18.2 Å². The van der Waals surface area contributed by atoms with Gasteiger partial charge in [0.25, 0.3) is 0 Å². The molecule has 0 radical (unpaired) electrons. The van der Waals surface area contributed by atoms with E-state index in [9.17, 15) is 15.3 Å². The predicted octanol–water partition coefficient (Wildman–Crippen LogP) is 5.93. The van der Waals surface area contributed by atoms with Gasteiger partial charge in [-0.15, -0.1) is 0 Å². The van der Waals surface area contributed by atoms with Crippen molar-refractivity contribution in [3.8, 4) is 17.2 Å². The highest BCUT2D eigenvalue weighted by Crippen LogP contribution is 2.34. The number of benzene rings is 1. The third kappa shape index (κ3) is 10.5. The Morgan fingerprint density at radius 3 is 1.92 bits per heavy atom. The van der Waals surface area contributed by atoms with E-state index in [1.807, 2.05) is 0 Å². The van der Waals surface area contributed by atoms with Crippen LogP contribution in [0.2, 0.25) is 0 Å². The van der Waals surface area contributed by atoms with Crippen LogP contribution in [-0.2, 0) is 0 Å². The van der Waals surface area contributed by atoms with Crippen molar-refractivity contribution < 1.29 is 20.1 Å². The van der Waals surface area contributed by atoms with Crippen molar-refractivity contribution in [2.45, 2.75) is 96.5 Å². The highest BCUT2D eigenvalue weighted by atomic mass is 16.5. The van der Waals surface area contributed by atoms with E-state index in [0.29, 0.717) is 6.42 Å². The number of aliphatic hydroxyl groups excluding tert-OH is 1. The quantitative estimate of drug-likeness (QED) is 0.250. The first kappa shape index (κ1) is 22.6. The molecule has 1 aromatic carbocycles. The largest absolute Gasteiger partial charge is 0.504 e. The van der Waals surface area contributed by atoms with Crippen LogP contribution in [0.4, 0.5) is 0 Å². The van der Waals surface area contributed by atoms with E-state index < -0.39 is 6.10 Å². The molecule has 150 valence electrons. The number of phenolic OH excluding ortho intramolecular Hbond substituents is 2. The molecule has 1 aromatic rings. The first-order valence-electron chi connectivity index (χ1n) is 10.5. The fourth-order valence-corrected chi connectivity index (χ4v) is 3.12. The molecular weight excluding hydrogens is 328 g/mol. The number of phenols is 2. The number of hydrogen-bond acceptors (Lipinski definition) is 4. The Morgan fingerprint density at radius 1 is 0.808 bits per heavy atom. The molecule has 0 bridgehead atoms. The van der Waals surface area contributed by atoms with E-state index in [-0.39, 0.29) is 23.9 Å². The summed E-state index contributed by atoms with van der Waals surface area (Å²) in [5, 5.41) is 29.0. The first-order valence-corrected chi connectivity index (χ1v) is 10.5. The summed E-state index contributed by atoms with van der Waals surface area (Å²) in [5.41, 5.74) is 0. The fourth-order valence-electron chi connectivity index (χ4n) is 3.12. The Hall–Kier alpha value is -1.42. The molecule has 0 aliphatic rings. The maximum Gasteiger partial charge on any atom is 0.200 e. The predicted molar refractivity (Wildman–Crippen MR) is 107 cm³/mol. The van der Waals surface area contributed by atoms with Gasteiger partial charge in [0, 0.05) is 0 Å². The third-order valence-corrected chi connectivity index (χ3v) is 4.80. The van der Waals surface area contributed by atoms with Gasteiger partial charge in [-0.3, -0.25) is 0 Å². The van der Waals surface area contributed by atoms with Gasteiger partial charge in [-0.1, -0.05) is 90.0 Å². The number of aliphatic hydroxyl groups is 1. The molecule has 0 heterocycles. The van der Waals surface area contributed by atoms with Crippen LogP contribution in [0.25, 0.3) is 0 Å². The molecular formula is C22H38O4. The minimum absolute atomic E-state index is 0.134. The summed E-state index contributed by atoms with van der Waals surface area (Å²) in [6, 6.07) is 4.57. The van der Waals surface area contributed by atoms with Crippen LogP contribution >= 0.6 is 0 Å². The van der Waals surface area contributed by atoms with Gasteiger partial charge in [0.2, 0.25) is 5.75 Å². The van der Waals surface area contributed by atoms with E-state index in [2.05, 4.69) is 6.92 Å². The Labute approximate surface area is 159 Å². The van der Waals surface area contributed by atoms with Crippen molar-refractivity contribution >= 4 is 0 Å². The van der Waals surface area contributed by atoms with Crippen LogP contribution in [0, 0.1) is 0 Å². The molecule has 0 fully saturated rings. The lowest BCUT2D eigenvalue weighted by Crippen LogP contribution is -2.17. The minimum atomic E-state index is -0.542. The monoisotopic (exact) mass is 366 g/mol. The average molecular weight is 367 g/mol. The average Bonchev–Trinajstić information content (AvgIpc) is 2.64. The second-order valence-corrected chi connectivity index (χ2v) is 7.27. The second kappa shape index (κ2) is 14.7. The molecule has 3 N–H and O–H groups in total. The summed E-state index contributed by atoms with van der Waals surface area (Å²) in [7, 11) is 0. The molecule has 1 rings (SSSR count). The second-order valence-electron chi connectivity index (χ2n) is 7.27. The lowest BCUT2D eigenvalue weighted by atomic mass is 10.0. The molecule has 0 saturated heterocycles. The summed E-state index contributed by atoms with van der Waals surface area (Å²) in [5.74, 6) is -0.276. The summed E-state index contributed by atoms with van der Waals surface area (Å²) in [4.78, 5) is 0. The Kier molecular flexibility index (Phi) is 12.8. The van der Waals surface area contributed by atoms with Gasteiger partial charge in [-0.25, -0.2) is 0 Å². The molecule has 0 aliphatic carbocycles. The maximum atomic E-state index is 9.96. The molecule has 4 nitrogen and oxygen atoms in total. The highest BCUT2D eigenvalue weighted by molar-refractivity contribution is 5.48. The molecule has 0 aliphatic heterocycles. The van der Waals surface area contributed by atoms with Crippen LogP contribution in [0.3, 0.4) is 0 Å². The lowest BCUT2D eigenvalue weighted by Gasteiger charge is -2.13. The normalized spacial score (nSPS) is 12.2. The molecule has 4 heteroatoms. The number of para-hydroxylation sites is 1. The van der Waals surface area contributed by atoms with E-state index >= 15 is 0 Å². The van der Waals surface area contributed by atoms with E-state index in [4.69, 9.17) is 4.74 Å². The van der Waals surface area contributed by atoms with Gasteiger partial charge in [-0.2, -0.15) is 0 Å². The van der Waals surface area contributed by atoms with Gasteiger partial charge in [0.1, 0.15) is 6.61 Å². The van der Waals surface area contributed by atoms with Crippen molar-refractivity contribution in [3.63, 3.8) is 0 Å². The Morgan fingerprint density at radius 2 is 1.35 bits per heavy atom. The molecule has 26 heavy (non-hydrogen) atoms. The Bertz CT molecular complexity index is 461. The molecule has 0 amide bonds. The van der Waals surface area contributed by atoms with E-state index in [0.717, 1.165) is 12.8 Å². The summed E-state index contributed by atoms with van der Waals surface area (Å²) in [6.07, 6.45) is 15.8. The van der Waals surface area contributed by atoms with E-state index in [1.54, 1.807) is 12.1 Å². The van der Waals surface area contributed by atoms with Crippen LogP contribution < -0.4 is 4.74 Å². The number of ether oxygens (including phenoxy) is 1. The summed E-state index contributed by atoms with van der Waals surface area (Å²) < 4.78 is 5.38. The van der Waals surface area contributed by atoms with Crippen LogP contribution in [-0.4, -0.2) is 28.0 Å². The summed E-state index contributed by atoms with van der Waals surface area (Å²) in [6.45, 7) is 2.39. The van der Waals surface area contributed by atoms with Gasteiger partial charge < -0.3 is 20.1 Å². The zero-order valence-electron chi connectivity index (χ0n) is 16.5. The topological polar surface area (TPSA) is 69.9 Å². The van der Waals surface area contributed by atoms with Crippen molar-refractivity contribution in [1.29, 1.82) is 0 Å². The van der Waals surface area contributed by atoms with E-state index in [1.165, 1.54) is 70.3 Å². The minimum Gasteiger partial charge on any atom is -0.504 e. The van der Waals surface area contributed by atoms with Gasteiger partial charge >= 0.3 is 0 Å². The SMILES string of the molecule is CCCCCCCCCCCCCCC(O)COc1cccc(O)c1O. The Balaban J connectivity index is 1.92. The number of unbranched alkanes of at least 4 members (excludes halogenated alkanes) is 11. The smallest absolute Gasteiger partial charge is 0.200 e. The maximum absolute atomic E-state index is 9.96. The lowest BCUT2D eigenvalue weighted by molar-refractivity contribution is 0.0957. The number of aromatic hydroxyl groups is 2. The van der Waals surface area contributed by atoms with Gasteiger partial charge in [-0.05, 0) is 18.6 Å². The van der Waals surface area contributed by atoms with Crippen molar-refractivity contribution in [2.24, 2.45) is 0 Å². The molecule has 0 saturated carbocycles. The molecule has 1 atom stereocenters. The first-order chi connectivity index (χ1) is 12.6. The third-order valence-electron chi connectivity index (χ3n) is 4.80. The number of hydrogen-bond donors (Lipinski definition) is 3. The highest BCUT2D eigenvalue weighted by Gasteiger charge is 2.10. The summed E-state index contributed by atoms with van der Waals surface area (Å²) >= 11 is 0. The standard InChI is InChI=1S/C22H38O4/c1-2-3-4-5-6-7-8-9-10-11-12-13-15-19(23)18-26-21-17-14-16-20(24)22(21)25/h14,16-17,19,23-25H,2-13,15,18H2,1H3. The van der Waals surface area contributed by atoms with Crippen LogP contribution in [0.5, 0.6) is 17.2 Å². The van der Waals surface area contributed by atoms with Gasteiger partial charge in [0.15, 0.2) is 11.5 Å². The fraction of sp³-hybridized carbons (Fsp3) is 0.727. The van der Waals surface area contributed by atoms with Gasteiger partial charge in [0.05, 0.1) is 6.10 Å². The molecule has 0 spiro atoms. The molecule has 0 aromatic heterocycles. The molecule has 1 unspecified atom stereocenters. The van der Waals surface area contributed by atoms with Crippen molar-refractivity contribution in [1.82, 2.24) is 0 Å². The zero-order valence-corrected chi connectivity index (χ0v) is 16.5. The van der Waals surface area contributed by atoms with Crippen LogP contribution in [0.15, 0.2) is 18.2 Å².